The highest BCUT2D eigenvalue weighted by Crippen LogP contribution is 2.23. The number of anilines is 1. The standard InChI is InChI=1S/C12H9N3/c13-7-10-6-11(14)3-4-12(10)9-2-1-5-15-8-9/h1-6,8H,14H2. The van der Waals surface area contributed by atoms with Crippen LogP contribution in [-0.2, 0) is 0 Å². The van der Waals surface area contributed by atoms with Crippen LogP contribution in [0.3, 0.4) is 0 Å². The molecule has 1 heterocycles. The molecule has 2 rings (SSSR count). The van der Waals surface area contributed by atoms with Gasteiger partial charge in [0.2, 0.25) is 0 Å². The molecule has 3 nitrogen and oxygen atoms in total. The van der Waals surface area contributed by atoms with Gasteiger partial charge in [0.25, 0.3) is 0 Å². The number of hydrogen-bond acceptors (Lipinski definition) is 3. The highest BCUT2D eigenvalue weighted by atomic mass is 14.6. The highest BCUT2D eigenvalue weighted by Gasteiger charge is 2.04. The number of pyridine rings is 1. The maximum atomic E-state index is 8.98. The lowest BCUT2D eigenvalue weighted by Gasteiger charge is -2.03. The van der Waals surface area contributed by atoms with E-state index in [1.807, 2.05) is 18.2 Å². The molecule has 0 radical (unpaired) electrons. The summed E-state index contributed by atoms with van der Waals surface area (Å²) in [5.41, 5.74) is 8.57. The van der Waals surface area contributed by atoms with Crippen LogP contribution in [0.1, 0.15) is 5.56 Å². The van der Waals surface area contributed by atoms with E-state index in [9.17, 15) is 0 Å². The number of nitrogens with two attached hydrogens (primary N) is 1. The van der Waals surface area contributed by atoms with Crippen molar-refractivity contribution < 1.29 is 0 Å². The molecule has 3 heteroatoms. The van der Waals surface area contributed by atoms with Crippen LogP contribution in [0.5, 0.6) is 0 Å². The Bertz CT molecular complexity index is 512. The Kier molecular flexibility index (Phi) is 2.34. The zero-order valence-electron chi connectivity index (χ0n) is 8.01. The minimum atomic E-state index is 0.572. The molecule has 2 aromatic rings. The van der Waals surface area contributed by atoms with Gasteiger partial charge in [0.05, 0.1) is 11.6 Å². The molecule has 72 valence electrons. The molecule has 0 saturated carbocycles. The Balaban J connectivity index is 2.60. The molecule has 0 aliphatic heterocycles. The number of nitrogens with zero attached hydrogens (tertiary/aromatic N) is 2. The summed E-state index contributed by atoms with van der Waals surface area (Å²) in [6.45, 7) is 0. The van der Waals surface area contributed by atoms with Crippen LogP contribution in [0.25, 0.3) is 11.1 Å². The van der Waals surface area contributed by atoms with Gasteiger partial charge in [-0.1, -0.05) is 12.1 Å². The molecule has 0 bridgehead atoms. The maximum absolute atomic E-state index is 8.98. The van der Waals surface area contributed by atoms with Crippen molar-refractivity contribution in [2.24, 2.45) is 0 Å². The first kappa shape index (κ1) is 9.22. The van der Waals surface area contributed by atoms with Crippen LogP contribution in [0, 0.1) is 11.3 Å². The first-order valence-corrected chi connectivity index (χ1v) is 4.51. The molecule has 0 amide bonds. The molecule has 0 spiro atoms. The summed E-state index contributed by atoms with van der Waals surface area (Å²) < 4.78 is 0. The zero-order chi connectivity index (χ0) is 10.7. The lowest BCUT2D eigenvalue weighted by molar-refractivity contribution is 1.33. The second kappa shape index (κ2) is 3.81. The topological polar surface area (TPSA) is 62.7 Å². The molecule has 1 aromatic heterocycles. The number of rotatable bonds is 1. The molecule has 0 saturated heterocycles. The van der Waals surface area contributed by atoms with Crippen LogP contribution in [0.2, 0.25) is 0 Å². The van der Waals surface area contributed by atoms with Crippen LogP contribution in [0.15, 0.2) is 42.7 Å². The highest BCUT2D eigenvalue weighted by molar-refractivity contribution is 5.72. The Morgan fingerprint density at radius 1 is 1.27 bits per heavy atom. The molecule has 15 heavy (non-hydrogen) atoms. The normalized spacial score (nSPS) is 9.53. The lowest BCUT2D eigenvalue weighted by Crippen LogP contribution is -1.89. The molecular formula is C12H9N3. The third-order valence-electron chi connectivity index (χ3n) is 2.14. The minimum Gasteiger partial charge on any atom is -0.399 e. The third-order valence-corrected chi connectivity index (χ3v) is 2.14. The smallest absolute Gasteiger partial charge is 0.0998 e. The Hall–Kier alpha value is -2.34. The van der Waals surface area contributed by atoms with Crippen LogP contribution in [0.4, 0.5) is 5.69 Å². The first-order valence-electron chi connectivity index (χ1n) is 4.51. The van der Waals surface area contributed by atoms with Crippen molar-refractivity contribution in [2.45, 2.75) is 0 Å². The maximum Gasteiger partial charge on any atom is 0.0998 e. The Morgan fingerprint density at radius 2 is 2.13 bits per heavy atom. The number of aromatic nitrogens is 1. The van der Waals surface area contributed by atoms with Crippen molar-refractivity contribution in [3.8, 4) is 17.2 Å². The van der Waals surface area contributed by atoms with Crippen LogP contribution < -0.4 is 5.73 Å². The molecule has 0 unspecified atom stereocenters. The van der Waals surface area contributed by atoms with E-state index in [0.29, 0.717) is 11.3 Å². The van der Waals surface area contributed by atoms with Crippen molar-refractivity contribution in [1.29, 1.82) is 5.26 Å². The number of nitrogen functional groups attached to an aromatic ring is 1. The molecule has 0 fully saturated rings. The van der Waals surface area contributed by atoms with Gasteiger partial charge in [-0.15, -0.1) is 0 Å². The van der Waals surface area contributed by atoms with E-state index in [2.05, 4.69) is 11.1 Å². The van der Waals surface area contributed by atoms with Crippen molar-refractivity contribution in [3.05, 3.63) is 48.3 Å². The molecule has 0 aliphatic rings. The summed E-state index contributed by atoms with van der Waals surface area (Å²) >= 11 is 0. The average molecular weight is 195 g/mol. The predicted octanol–water partition coefficient (Wildman–Crippen LogP) is 2.20. The zero-order valence-corrected chi connectivity index (χ0v) is 8.01. The fourth-order valence-corrected chi connectivity index (χ4v) is 1.43. The number of benzene rings is 1. The van der Waals surface area contributed by atoms with Gasteiger partial charge in [0, 0.05) is 29.2 Å². The van der Waals surface area contributed by atoms with E-state index in [1.165, 1.54) is 0 Å². The largest absolute Gasteiger partial charge is 0.399 e. The quantitative estimate of drug-likeness (QED) is 0.709. The van der Waals surface area contributed by atoms with Crippen molar-refractivity contribution in [3.63, 3.8) is 0 Å². The van der Waals surface area contributed by atoms with Gasteiger partial charge in [0.1, 0.15) is 0 Å². The van der Waals surface area contributed by atoms with Crippen molar-refractivity contribution in [1.82, 2.24) is 4.98 Å². The van der Waals surface area contributed by atoms with E-state index in [1.54, 1.807) is 24.5 Å². The second-order valence-electron chi connectivity index (χ2n) is 3.16. The average Bonchev–Trinajstić information content (AvgIpc) is 2.30. The molecule has 1 aromatic carbocycles. The molecule has 0 atom stereocenters. The fraction of sp³-hybridized carbons (Fsp3) is 0. The second-order valence-corrected chi connectivity index (χ2v) is 3.16. The SMILES string of the molecule is N#Cc1cc(N)ccc1-c1cccnc1. The lowest BCUT2D eigenvalue weighted by atomic mass is 10.0. The van der Waals surface area contributed by atoms with E-state index >= 15 is 0 Å². The van der Waals surface area contributed by atoms with E-state index < -0.39 is 0 Å². The van der Waals surface area contributed by atoms with Gasteiger partial charge in [-0.25, -0.2) is 0 Å². The van der Waals surface area contributed by atoms with Crippen LogP contribution >= 0.6 is 0 Å². The summed E-state index contributed by atoms with van der Waals surface area (Å²) in [6, 6.07) is 11.2. The molecular weight excluding hydrogens is 186 g/mol. The monoisotopic (exact) mass is 195 g/mol. The predicted molar refractivity (Wildman–Crippen MR) is 58.8 cm³/mol. The van der Waals surface area contributed by atoms with E-state index in [4.69, 9.17) is 11.0 Å². The molecule has 0 aliphatic carbocycles. The first-order chi connectivity index (χ1) is 7.31. The van der Waals surface area contributed by atoms with Gasteiger partial charge in [-0.2, -0.15) is 5.26 Å². The third kappa shape index (κ3) is 1.79. The van der Waals surface area contributed by atoms with Gasteiger partial charge >= 0.3 is 0 Å². The van der Waals surface area contributed by atoms with Crippen molar-refractivity contribution >= 4 is 5.69 Å². The molecule has 2 N–H and O–H groups in total. The van der Waals surface area contributed by atoms with Crippen LogP contribution in [-0.4, -0.2) is 4.98 Å². The summed E-state index contributed by atoms with van der Waals surface area (Å²) in [5, 5.41) is 8.98. The van der Waals surface area contributed by atoms with Crippen molar-refractivity contribution in [2.75, 3.05) is 5.73 Å². The van der Waals surface area contributed by atoms with Gasteiger partial charge in [-0.3, -0.25) is 4.98 Å². The Labute approximate surface area is 87.8 Å². The summed E-state index contributed by atoms with van der Waals surface area (Å²) in [5.74, 6) is 0. The van der Waals surface area contributed by atoms with Gasteiger partial charge in [-0.05, 0) is 18.2 Å². The van der Waals surface area contributed by atoms with Gasteiger partial charge in [0.15, 0.2) is 0 Å². The summed E-state index contributed by atoms with van der Waals surface area (Å²) in [4.78, 5) is 4.02. The van der Waals surface area contributed by atoms with E-state index in [-0.39, 0.29) is 0 Å². The summed E-state index contributed by atoms with van der Waals surface area (Å²) in [6.07, 6.45) is 3.43. The Morgan fingerprint density at radius 3 is 2.80 bits per heavy atom. The minimum absolute atomic E-state index is 0.572. The summed E-state index contributed by atoms with van der Waals surface area (Å²) in [7, 11) is 0. The van der Waals surface area contributed by atoms with Gasteiger partial charge < -0.3 is 5.73 Å². The van der Waals surface area contributed by atoms with E-state index in [0.717, 1.165) is 11.1 Å². The fourth-order valence-electron chi connectivity index (χ4n) is 1.43. The number of hydrogen-bond donors (Lipinski definition) is 1. The number of nitriles is 1.